The summed E-state index contributed by atoms with van der Waals surface area (Å²) in [5.41, 5.74) is 1.57. The topological polar surface area (TPSA) is 122 Å². The molecule has 30 heavy (non-hydrogen) atoms. The molecule has 0 fully saturated rings. The number of aliphatic hydroxyl groups is 1. The minimum absolute atomic E-state index is 0.0855. The Balaban J connectivity index is 2.13. The molecule has 0 aliphatic heterocycles. The van der Waals surface area contributed by atoms with Crippen molar-refractivity contribution in [2.24, 2.45) is 0 Å². The standard InChI is InChI=1S/C22H23NO7/c1-15(25)16-8-10-18(11-9-16)23-22(28)30-20(6-3-7-21(26)27)17-4-2-5-19(14-17)29-13-12-24/h2-5,7-11,14,20,24H,6,12-13H2,1H3,(H,23,28)(H,26,27)/b7-3+/t20-/m0/s1. The van der Waals surface area contributed by atoms with Crippen molar-refractivity contribution in [2.45, 2.75) is 19.4 Å². The summed E-state index contributed by atoms with van der Waals surface area (Å²) in [7, 11) is 0. The molecule has 0 bridgehead atoms. The van der Waals surface area contributed by atoms with E-state index in [1.54, 1.807) is 48.5 Å². The zero-order valence-corrected chi connectivity index (χ0v) is 16.4. The molecule has 3 N–H and O–H groups in total. The monoisotopic (exact) mass is 413 g/mol. The molecular formula is C22H23NO7. The van der Waals surface area contributed by atoms with E-state index in [0.29, 0.717) is 22.6 Å². The van der Waals surface area contributed by atoms with E-state index in [-0.39, 0.29) is 25.4 Å². The Labute approximate surface area is 173 Å². The van der Waals surface area contributed by atoms with Crippen molar-refractivity contribution in [2.75, 3.05) is 18.5 Å². The quantitative estimate of drug-likeness (QED) is 0.402. The normalized spacial score (nSPS) is 11.7. The van der Waals surface area contributed by atoms with Crippen LogP contribution in [-0.2, 0) is 9.53 Å². The number of hydrogen-bond donors (Lipinski definition) is 3. The summed E-state index contributed by atoms with van der Waals surface area (Å²) in [6.45, 7) is 1.42. The number of rotatable bonds is 10. The van der Waals surface area contributed by atoms with Gasteiger partial charge in [0.05, 0.1) is 6.61 Å². The van der Waals surface area contributed by atoms with Gasteiger partial charge in [0.2, 0.25) is 0 Å². The van der Waals surface area contributed by atoms with Gasteiger partial charge in [-0.05, 0) is 48.9 Å². The molecule has 2 aromatic carbocycles. The van der Waals surface area contributed by atoms with Crippen LogP contribution in [-0.4, -0.2) is 41.3 Å². The fraction of sp³-hybridized carbons (Fsp3) is 0.227. The molecule has 0 heterocycles. The highest BCUT2D eigenvalue weighted by Gasteiger charge is 2.17. The van der Waals surface area contributed by atoms with Gasteiger partial charge in [-0.3, -0.25) is 10.1 Å². The number of ether oxygens (including phenoxy) is 2. The fourth-order valence-corrected chi connectivity index (χ4v) is 2.58. The molecule has 1 amide bonds. The number of carboxylic acid groups (broad SMARTS) is 1. The van der Waals surface area contributed by atoms with Gasteiger partial charge in [-0.1, -0.05) is 18.2 Å². The lowest BCUT2D eigenvalue weighted by atomic mass is 10.1. The summed E-state index contributed by atoms with van der Waals surface area (Å²) in [4.78, 5) is 34.5. The summed E-state index contributed by atoms with van der Waals surface area (Å²) in [6.07, 6.45) is 0.993. The third kappa shape index (κ3) is 7.40. The third-order valence-corrected chi connectivity index (χ3v) is 3.99. The van der Waals surface area contributed by atoms with Crippen LogP contribution in [0.1, 0.15) is 35.4 Å². The molecule has 2 rings (SSSR count). The first-order valence-electron chi connectivity index (χ1n) is 9.20. The van der Waals surface area contributed by atoms with Crippen LogP contribution in [0.5, 0.6) is 5.75 Å². The second-order valence-electron chi connectivity index (χ2n) is 6.27. The van der Waals surface area contributed by atoms with Crippen LogP contribution in [0.15, 0.2) is 60.7 Å². The van der Waals surface area contributed by atoms with E-state index in [1.165, 1.54) is 13.0 Å². The van der Waals surface area contributed by atoms with Gasteiger partial charge in [0.25, 0.3) is 0 Å². The van der Waals surface area contributed by atoms with Crippen molar-refractivity contribution >= 4 is 23.5 Å². The number of benzene rings is 2. The van der Waals surface area contributed by atoms with E-state index in [4.69, 9.17) is 19.7 Å². The zero-order valence-electron chi connectivity index (χ0n) is 16.4. The van der Waals surface area contributed by atoms with E-state index in [0.717, 1.165) is 6.08 Å². The van der Waals surface area contributed by atoms with Crippen molar-refractivity contribution in [3.05, 3.63) is 71.8 Å². The Bertz CT molecular complexity index is 906. The first-order valence-corrected chi connectivity index (χ1v) is 9.20. The van der Waals surface area contributed by atoms with E-state index < -0.39 is 18.2 Å². The molecule has 8 nitrogen and oxygen atoms in total. The van der Waals surface area contributed by atoms with Crippen molar-refractivity contribution in [3.63, 3.8) is 0 Å². The van der Waals surface area contributed by atoms with Gasteiger partial charge in [0.1, 0.15) is 18.5 Å². The van der Waals surface area contributed by atoms with Gasteiger partial charge in [-0.15, -0.1) is 0 Å². The summed E-state index contributed by atoms with van der Waals surface area (Å²) in [5.74, 6) is -0.709. The van der Waals surface area contributed by atoms with Crippen LogP contribution in [0, 0.1) is 0 Å². The lowest BCUT2D eigenvalue weighted by Crippen LogP contribution is -2.17. The molecule has 0 aliphatic rings. The highest BCUT2D eigenvalue weighted by atomic mass is 16.6. The van der Waals surface area contributed by atoms with Crippen molar-refractivity contribution in [1.82, 2.24) is 0 Å². The fourth-order valence-electron chi connectivity index (χ4n) is 2.58. The summed E-state index contributed by atoms with van der Waals surface area (Å²) >= 11 is 0. The first kappa shape index (κ1) is 22.6. The molecule has 0 saturated carbocycles. The van der Waals surface area contributed by atoms with Gasteiger partial charge in [-0.25, -0.2) is 9.59 Å². The van der Waals surface area contributed by atoms with E-state index in [2.05, 4.69) is 5.32 Å². The van der Waals surface area contributed by atoms with Crippen LogP contribution in [0.4, 0.5) is 10.5 Å². The van der Waals surface area contributed by atoms with Gasteiger partial charge in [-0.2, -0.15) is 0 Å². The minimum atomic E-state index is -1.11. The highest BCUT2D eigenvalue weighted by Crippen LogP contribution is 2.26. The van der Waals surface area contributed by atoms with Gasteiger partial charge >= 0.3 is 12.1 Å². The number of amides is 1. The van der Waals surface area contributed by atoms with Crippen molar-refractivity contribution < 1.29 is 34.1 Å². The maximum atomic E-state index is 12.4. The lowest BCUT2D eigenvalue weighted by Gasteiger charge is -2.18. The zero-order chi connectivity index (χ0) is 21.9. The molecule has 1 atom stereocenters. The molecule has 0 aromatic heterocycles. The van der Waals surface area contributed by atoms with Crippen molar-refractivity contribution in [1.29, 1.82) is 0 Å². The second-order valence-corrected chi connectivity index (χ2v) is 6.27. The molecule has 0 saturated heterocycles. The number of carbonyl (C=O) groups is 3. The van der Waals surface area contributed by atoms with Crippen LogP contribution in [0.25, 0.3) is 0 Å². The van der Waals surface area contributed by atoms with Crippen molar-refractivity contribution in [3.8, 4) is 5.75 Å². The van der Waals surface area contributed by atoms with E-state index >= 15 is 0 Å². The molecule has 8 heteroatoms. The van der Waals surface area contributed by atoms with Crippen LogP contribution < -0.4 is 10.1 Å². The Morgan fingerprint density at radius 2 is 1.87 bits per heavy atom. The number of anilines is 1. The number of nitrogens with one attached hydrogen (secondary N) is 1. The predicted octanol–water partition coefficient (Wildman–Crippen LogP) is 3.58. The molecular weight excluding hydrogens is 390 g/mol. The maximum absolute atomic E-state index is 12.4. The third-order valence-electron chi connectivity index (χ3n) is 3.99. The molecule has 0 radical (unpaired) electrons. The van der Waals surface area contributed by atoms with Gasteiger partial charge in [0, 0.05) is 23.7 Å². The van der Waals surface area contributed by atoms with Crippen LogP contribution in [0.2, 0.25) is 0 Å². The minimum Gasteiger partial charge on any atom is -0.491 e. The van der Waals surface area contributed by atoms with Gasteiger partial charge in [0.15, 0.2) is 5.78 Å². The average Bonchev–Trinajstić information content (AvgIpc) is 2.72. The molecule has 0 aliphatic carbocycles. The Morgan fingerprint density at radius 3 is 2.50 bits per heavy atom. The van der Waals surface area contributed by atoms with Gasteiger partial charge < -0.3 is 19.7 Å². The summed E-state index contributed by atoms with van der Waals surface area (Å²) < 4.78 is 10.9. The largest absolute Gasteiger partial charge is 0.491 e. The summed E-state index contributed by atoms with van der Waals surface area (Å²) in [5, 5.41) is 20.3. The molecule has 158 valence electrons. The number of aliphatic hydroxyl groups excluding tert-OH is 1. The number of Topliss-reactive ketones (excluding diaryl/α,β-unsaturated/α-hetero) is 1. The average molecular weight is 413 g/mol. The number of ketones is 1. The Hall–Kier alpha value is -3.65. The summed E-state index contributed by atoms with van der Waals surface area (Å²) in [6, 6.07) is 13.1. The maximum Gasteiger partial charge on any atom is 0.412 e. The number of carbonyl (C=O) groups excluding carboxylic acids is 2. The lowest BCUT2D eigenvalue weighted by molar-refractivity contribution is -0.131. The molecule has 0 spiro atoms. The van der Waals surface area contributed by atoms with E-state index in [1.807, 2.05) is 0 Å². The number of aliphatic carboxylic acids is 1. The first-order chi connectivity index (χ1) is 14.4. The van der Waals surface area contributed by atoms with Crippen LogP contribution in [0.3, 0.4) is 0 Å². The highest BCUT2D eigenvalue weighted by molar-refractivity contribution is 5.95. The molecule has 2 aromatic rings. The predicted molar refractivity (Wildman–Crippen MR) is 110 cm³/mol. The molecule has 0 unspecified atom stereocenters. The second kappa shape index (κ2) is 11.4. The van der Waals surface area contributed by atoms with Crippen LogP contribution >= 0.6 is 0 Å². The Kier molecular flexibility index (Phi) is 8.58. The van der Waals surface area contributed by atoms with E-state index in [9.17, 15) is 14.4 Å². The Morgan fingerprint density at radius 1 is 1.13 bits per heavy atom. The number of hydrogen-bond acceptors (Lipinski definition) is 6. The smallest absolute Gasteiger partial charge is 0.412 e. The number of carboxylic acids is 1. The SMILES string of the molecule is CC(=O)c1ccc(NC(=O)O[C@@H](C/C=C/C(=O)O)c2cccc(OCCO)c2)cc1.